The number of aromatic nitrogens is 2. The number of aromatic amines is 1. The molecule has 0 amide bonds. The van der Waals surface area contributed by atoms with Crippen LogP contribution in [0.5, 0.6) is 11.6 Å². The minimum absolute atomic E-state index is 0.00602. The molecule has 0 saturated carbocycles. The van der Waals surface area contributed by atoms with Crippen molar-refractivity contribution in [3.8, 4) is 22.9 Å². The fraction of sp³-hybridized carbons (Fsp3) is 0.304. The molecule has 0 unspecified atom stereocenters. The van der Waals surface area contributed by atoms with E-state index in [0.29, 0.717) is 24.7 Å². The molecule has 2 aromatic heterocycles. The standard InChI is InChI=1S/C23H20F5N3O3S/c1-11-13(23(26,27)28)10-30-22(34-18-7-6-14(24)20(25)12(18)2)19(11)16-9-17(32)21-15(31-16)5-4-8-35(21,33)29-3/h6-7,9-10H,4-5,8H2,1-3H3,(H,31,32)/t35-/m0/s1. The first-order valence-electron chi connectivity index (χ1n) is 10.5. The molecule has 0 saturated heterocycles. The molecular formula is C23H20F5N3O3S. The first-order valence-corrected chi connectivity index (χ1v) is 12.1. The van der Waals surface area contributed by atoms with E-state index in [9.17, 15) is 31.0 Å². The Balaban J connectivity index is 1.98. The van der Waals surface area contributed by atoms with Gasteiger partial charge in [-0.15, -0.1) is 0 Å². The lowest BCUT2D eigenvalue weighted by atomic mass is 10.0. The SMILES string of the molecule is CN=[S@]1(=O)CCCc2[nH]c(-c3c(Oc4ccc(F)c(F)c4C)ncc(C(F)(F)F)c3C)cc(=O)c21. The summed E-state index contributed by atoms with van der Waals surface area (Å²) < 4.78 is 91.2. The maximum Gasteiger partial charge on any atom is 0.418 e. The number of rotatable bonds is 3. The van der Waals surface area contributed by atoms with Crippen molar-refractivity contribution in [3.63, 3.8) is 0 Å². The third kappa shape index (κ3) is 4.30. The molecule has 4 rings (SSSR count). The lowest BCUT2D eigenvalue weighted by molar-refractivity contribution is -0.138. The third-order valence-corrected chi connectivity index (χ3v) is 8.41. The maximum atomic E-state index is 14.1. The van der Waals surface area contributed by atoms with Crippen LogP contribution in [0.1, 0.15) is 28.8 Å². The molecule has 1 aromatic carbocycles. The number of pyridine rings is 2. The highest BCUT2D eigenvalue weighted by atomic mass is 32.2. The van der Waals surface area contributed by atoms with Crippen LogP contribution in [0.25, 0.3) is 11.3 Å². The maximum absolute atomic E-state index is 14.1. The Labute approximate surface area is 197 Å². The predicted molar refractivity (Wildman–Crippen MR) is 119 cm³/mol. The van der Waals surface area contributed by atoms with Crippen LogP contribution in [0.15, 0.2) is 38.4 Å². The Kier molecular flexibility index (Phi) is 6.20. The van der Waals surface area contributed by atoms with Gasteiger partial charge in [-0.2, -0.15) is 13.2 Å². The second kappa shape index (κ2) is 8.74. The number of hydrogen-bond acceptors (Lipinski definition) is 5. The molecule has 6 nitrogen and oxygen atoms in total. The zero-order valence-electron chi connectivity index (χ0n) is 18.8. The van der Waals surface area contributed by atoms with Gasteiger partial charge in [-0.05, 0) is 44.4 Å². The van der Waals surface area contributed by atoms with Crippen LogP contribution in [0.2, 0.25) is 0 Å². The smallest absolute Gasteiger partial charge is 0.418 e. The molecule has 1 atom stereocenters. The van der Waals surface area contributed by atoms with Crippen LogP contribution in [0, 0.1) is 25.5 Å². The molecule has 0 bridgehead atoms. The van der Waals surface area contributed by atoms with Gasteiger partial charge >= 0.3 is 6.18 Å². The zero-order valence-corrected chi connectivity index (χ0v) is 19.7. The minimum Gasteiger partial charge on any atom is -0.438 e. The average Bonchev–Trinajstić information content (AvgIpc) is 2.78. The summed E-state index contributed by atoms with van der Waals surface area (Å²) in [6, 6.07) is 2.98. The van der Waals surface area contributed by atoms with Crippen molar-refractivity contribution < 1.29 is 30.9 Å². The molecule has 35 heavy (non-hydrogen) atoms. The lowest BCUT2D eigenvalue weighted by Gasteiger charge is -2.22. The monoisotopic (exact) mass is 513 g/mol. The second-order valence-corrected chi connectivity index (χ2v) is 10.5. The molecule has 1 N–H and O–H groups in total. The van der Waals surface area contributed by atoms with Gasteiger partial charge in [0.1, 0.15) is 10.6 Å². The molecule has 1 aliphatic rings. The molecule has 1 aliphatic heterocycles. The van der Waals surface area contributed by atoms with Crippen molar-refractivity contribution in [1.29, 1.82) is 0 Å². The van der Waals surface area contributed by atoms with Crippen LogP contribution in [0.4, 0.5) is 22.0 Å². The molecule has 3 heterocycles. The van der Waals surface area contributed by atoms with E-state index in [0.717, 1.165) is 18.2 Å². The summed E-state index contributed by atoms with van der Waals surface area (Å²) in [6.07, 6.45) is -3.39. The number of fused-ring (bicyclic) bond motifs is 1. The number of nitrogens with one attached hydrogen (secondary N) is 1. The fourth-order valence-electron chi connectivity index (χ4n) is 4.10. The van der Waals surface area contributed by atoms with E-state index in [2.05, 4.69) is 14.3 Å². The fourth-order valence-corrected chi connectivity index (χ4v) is 6.12. The van der Waals surface area contributed by atoms with E-state index >= 15 is 0 Å². The Bertz CT molecular complexity index is 1520. The first-order chi connectivity index (χ1) is 16.4. The van der Waals surface area contributed by atoms with Crippen LogP contribution in [-0.2, 0) is 22.3 Å². The lowest BCUT2D eigenvalue weighted by Crippen LogP contribution is -2.26. The highest BCUT2D eigenvalue weighted by molar-refractivity contribution is 7.93. The van der Waals surface area contributed by atoms with E-state index in [1.807, 2.05) is 0 Å². The van der Waals surface area contributed by atoms with Gasteiger partial charge in [0.25, 0.3) is 0 Å². The van der Waals surface area contributed by atoms with Crippen molar-refractivity contribution in [2.24, 2.45) is 4.36 Å². The summed E-state index contributed by atoms with van der Waals surface area (Å²) in [5, 5.41) is 0. The molecule has 0 radical (unpaired) electrons. The van der Waals surface area contributed by atoms with Gasteiger partial charge in [0, 0.05) is 36.3 Å². The summed E-state index contributed by atoms with van der Waals surface area (Å²) in [7, 11) is -1.61. The van der Waals surface area contributed by atoms with Crippen LogP contribution < -0.4 is 10.2 Å². The quantitative estimate of drug-likeness (QED) is 0.466. The number of hydrogen-bond donors (Lipinski definition) is 1. The largest absolute Gasteiger partial charge is 0.438 e. The highest BCUT2D eigenvalue weighted by Crippen LogP contribution is 2.41. The second-order valence-electron chi connectivity index (χ2n) is 8.05. The normalized spacial score (nSPS) is 17.7. The van der Waals surface area contributed by atoms with Gasteiger partial charge in [0.15, 0.2) is 17.1 Å². The van der Waals surface area contributed by atoms with Gasteiger partial charge in [-0.25, -0.2) is 22.3 Å². The van der Waals surface area contributed by atoms with Gasteiger partial charge in [0.2, 0.25) is 5.88 Å². The topological polar surface area (TPSA) is 84.4 Å². The van der Waals surface area contributed by atoms with Gasteiger partial charge in [-0.1, -0.05) is 0 Å². The number of halogens is 5. The average molecular weight is 513 g/mol. The summed E-state index contributed by atoms with van der Waals surface area (Å²) in [6.45, 7) is 2.43. The number of nitrogens with zero attached hydrogens (tertiary/aromatic N) is 2. The summed E-state index contributed by atoms with van der Waals surface area (Å²) >= 11 is 0. The van der Waals surface area contributed by atoms with Gasteiger partial charge in [0.05, 0.1) is 26.5 Å². The number of H-pyrrole nitrogens is 1. The summed E-state index contributed by atoms with van der Waals surface area (Å²) in [4.78, 5) is 19.7. The van der Waals surface area contributed by atoms with E-state index in [1.165, 1.54) is 20.9 Å². The highest BCUT2D eigenvalue weighted by Gasteiger charge is 2.36. The van der Waals surface area contributed by atoms with Crippen LogP contribution in [-0.4, -0.2) is 27.0 Å². The number of ether oxygens (including phenoxy) is 1. The van der Waals surface area contributed by atoms with Gasteiger partial charge in [-0.3, -0.25) is 4.79 Å². The molecule has 0 aliphatic carbocycles. The number of alkyl halides is 3. The zero-order chi connectivity index (χ0) is 25.7. The van der Waals surface area contributed by atoms with Crippen molar-refractivity contribution in [2.45, 2.75) is 37.8 Å². The Morgan fingerprint density at radius 1 is 1.17 bits per heavy atom. The number of aryl methyl sites for hydroxylation is 1. The van der Waals surface area contributed by atoms with E-state index in [-0.39, 0.29) is 44.7 Å². The van der Waals surface area contributed by atoms with E-state index in [4.69, 9.17) is 4.74 Å². The molecule has 12 heteroatoms. The number of benzene rings is 1. The summed E-state index contributed by atoms with van der Waals surface area (Å²) in [5.41, 5.74) is -2.13. The van der Waals surface area contributed by atoms with Crippen molar-refractivity contribution in [1.82, 2.24) is 9.97 Å². The van der Waals surface area contributed by atoms with Gasteiger partial charge < -0.3 is 9.72 Å². The Morgan fingerprint density at radius 3 is 2.54 bits per heavy atom. The molecular weight excluding hydrogens is 493 g/mol. The first kappa shape index (κ1) is 24.8. The van der Waals surface area contributed by atoms with E-state index < -0.39 is 38.5 Å². The summed E-state index contributed by atoms with van der Waals surface area (Å²) in [5.74, 6) is -2.60. The molecule has 0 spiro atoms. The van der Waals surface area contributed by atoms with Crippen LogP contribution in [0.3, 0.4) is 0 Å². The minimum atomic E-state index is -4.76. The van der Waals surface area contributed by atoms with Crippen molar-refractivity contribution in [3.05, 3.63) is 68.6 Å². The van der Waals surface area contributed by atoms with Crippen LogP contribution >= 0.6 is 0 Å². The molecule has 0 fully saturated rings. The molecule has 3 aromatic rings. The van der Waals surface area contributed by atoms with E-state index in [1.54, 1.807) is 0 Å². The van der Waals surface area contributed by atoms with Crippen molar-refractivity contribution in [2.75, 3.05) is 12.8 Å². The Hall–Kier alpha value is -3.28. The third-order valence-electron chi connectivity index (χ3n) is 5.90. The predicted octanol–water partition coefficient (Wildman–Crippen LogP) is 5.55. The Morgan fingerprint density at radius 2 is 1.89 bits per heavy atom. The van der Waals surface area contributed by atoms with Crippen molar-refractivity contribution >= 4 is 9.73 Å². The molecule has 186 valence electrons.